The summed E-state index contributed by atoms with van der Waals surface area (Å²) in [4.78, 5) is 62.4. The van der Waals surface area contributed by atoms with E-state index < -0.39 is 94.4 Å². The van der Waals surface area contributed by atoms with E-state index in [1.807, 2.05) is 0 Å². The van der Waals surface area contributed by atoms with E-state index in [9.17, 15) is 34.2 Å². The number of aliphatic hydroxyl groups excluding tert-OH is 1. The first-order chi connectivity index (χ1) is 19.7. The van der Waals surface area contributed by atoms with Crippen LogP contribution < -0.4 is 0 Å². The van der Waals surface area contributed by atoms with Crippen LogP contribution in [0, 0.1) is 16.7 Å². The summed E-state index contributed by atoms with van der Waals surface area (Å²) < 4.78 is 35.1. The molecule has 6 unspecified atom stereocenters. The maximum Gasteiger partial charge on any atom is 0.303 e. The Kier molecular flexibility index (Phi) is 8.29. The van der Waals surface area contributed by atoms with Crippen LogP contribution in [0.3, 0.4) is 0 Å². The number of ether oxygens (including phenoxy) is 6. The Morgan fingerprint density at radius 2 is 1.23 bits per heavy atom. The number of carbonyl (C=O) groups excluding carboxylic acids is 5. The molecule has 13 heteroatoms. The molecule has 2 N–H and O–H groups in total. The smallest absolute Gasteiger partial charge is 0.303 e. The lowest BCUT2D eigenvalue weighted by atomic mass is 9.45. The Morgan fingerprint density at radius 1 is 0.767 bits per heavy atom. The molecule has 1 aliphatic heterocycles. The monoisotopic (exact) mass is 610 g/mol. The average Bonchev–Trinajstić information content (AvgIpc) is 3.63. The van der Waals surface area contributed by atoms with E-state index in [-0.39, 0.29) is 25.0 Å². The highest BCUT2D eigenvalue weighted by atomic mass is 16.6. The van der Waals surface area contributed by atoms with Gasteiger partial charge in [0.25, 0.3) is 0 Å². The molecule has 4 rings (SSSR count). The first kappa shape index (κ1) is 32.9. The maximum absolute atomic E-state index is 12.9. The number of epoxide rings is 1. The van der Waals surface area contributed by atoms with Crippen molar-refractivity contribution in [2.24, 2.45) is 16.7 Å². The normalized spacial score (nSPS) is 41.1. The van der Waals surface area contributed by atoms with Gasteiger partial charge in [0, 0.05) is 58.8 Å². The van der Waals surface area contributed by atoms with Gasteiger partial charge in [-0.3, -0.25) is 24.0 Å². The molecule has 0 amide bonds. The molecule has 3 fully saturated rings. The van der Waals surface area contributed by atoms with Crippen LogP contribution >= 0.6 is 0 Å². The summed E-state index contributed by atoms with van der Waals surface area (Å²) in [5.41, 5.74) is -5.77. The van der Waals surface area contributed by atoms with Crippen LogP contribution in [0.5, 0.6) is 0 Å². The predicted octanol–water partition coefficient (Wildman–Crippen LogP) is 1.29. The predicted molar refractivity (Wildman–Crippen MR) is 145 cm³/mol. The van der Waals surface area contributed by atoms with Gasteiger partial charge in [0.15, 0.2) is 0 Å². The number of rotatable bonds is 5. The van der Waals surface area contributed by atoms with Crippen LogP contribution in [0.1, 0.15) is 75.2 Å². The van der Waals surface area contributed by atoms with Crippen LogP contribution in [0.2, 0.25) is 0 Å². The zero-order chi connectivity index (χ0) is 32.4. The minimum Gasteiger partial charge on any atom is -0.462 e. The van der Waals surface area contributed by atoms with E-state index >= 15 is 0 Å². The Bertz CT molecular complexity index is 1250. The molecular formula is C30H42O13. The second-order valence-electron chi connectivity index (χ2n) is 13.0. The first-order valence-electron chi connectivity index (χ1n) is 14.4. The van der Waals surface area contributed by atoms with Crippen molar-refractivity contribution < 1.29 is 62.6 Å². The molecule has 13 nitrogen and oxygen atoms in total. The van der Waals surface area contributed by atoms with Gasteiger partial charge in [0.05, 0.1) is 12.0 Å². The molecule has 4 aliphatic rings. The fraction of sp³-hybridized carbons (Fsp3) is 0.767. The van der Waals surface area contributed by atoms with Crippen LogP contribution in [0.25, 0.3) is 0 Å². The van der Waals surface area contributed by atoms with Crippen molar-refractivity contribution >= 4 is 29.8 Å². The van der Waals surface area contributed by atoms with Gasteiger partial charge in [-0.25, -0.2) is 0 Å². The van der Waals surface area contributed by atoms with Gasteiger partial charge >= 0.3 is 29.8 Å². The highest BCUT2D eigenvalue weighted by molar-refractivity contribution is 5.69. The van der Waals surface area contributed by atoms with Gasteiger partial charge in [0.2, 0.25) is 0 Å². The van der Waals surface area contributed by atoms with E-state index in [1.165, 1.54) is 20.8 Å². The van der Waals surface area contributed by atoms with Gasteiger partial charge in [-0.2, -0.15) is 0 Å². The summed E-state index contributed by atoms with van der Waals surface area (Å²) in [7, 11) is 0. The number of carbonyl (C=O) groups is 5. The van der Waals surface area contributed by atoms with Crippen molar-refractivity contribution in [1.82, 2.24) is 0 Å². The lowest BCUT2D eigenvalue weighted by molar-refractivity contribution is -0.283. The first-order valence-corrected chi connectivity index (χ1v) is 14.4. The Balaban J connectivity index is 2.14. The fourth-order valence-corrected chi connectivity index (χ4v) is 8.17. The van der Waals surface area contributed by atoms with Crippen molar-refractivity contribution in [1.29, 1.82) is 0 Å². The third kappa shape index (κ3) is 5.12. The molecule has 2 saturated carbocycles. The highest BCUT2D eigenvalue weighted by Gasteiger charge is 2.79. The maximum atomic E-state index is 12.9. The average molecular weight is 611 g/mol. The summed E-state index contributed by atoms with van der Waals surface area (Å²) in [5, 5.41) is 25.2. The molecule has 1 heterocycles. The van der Waals surface area contributed by atoms with Gasteiger partial charge < -0.3 is 38.6 Å². The van der Waals surface area contributed by atoms with Crippen LogP contribution in [-0.2, 0) is 52.4 Å². The van der Waals surface area contributed by atoms with Crippen molar-refractivity contribution in [2.75, 3.05) is 6.61 Å². The van der Waals surface area contributed by atoms with Gasteiger partial charge in [0.1, 0.15) is 47.8 Å². The number of hydrogen-bond acceptors (Lipinski definition) is 13. The number of hydrogen-bond donors (Lipinski definition) is 2. The number of esters is 5. The third-order valence-corrected chi connectivity index (χ3v) is 9.98. The molecular weight excluding hydrogens is 568 g/mol. The summed E-state index contributed by atoms with van der Waals surface area (Å²) in [5.74, 6) is -4.72. The van der Waals surface area contributed by atoms with Crippen molar-refractivity contribution in [3.8, 4) is 0 Å². The Hall–Kier alpha value is -3.03. The van der Waals surface area contributed by atoms with E-state index in [4.69, 9.17) is 28.4 Å². The molecule has 1 saturated heterocycles. The minimum absolute atomic E-state index is 0.00967. The van der Waals surface area contributed by atoms with Crippen molar-refractivity contribution in [3.05, 3.63) is 11.1 Å². The molecule has 2 bridgehead atoms. The Morgan fingerprint density at radius 3 is 1.70 bits per heavy atom. The molecule has 0 radical (unpaired) electrons. The van der Waals surface area contributed by atoms with Crippen LogP contribution in [0.15, 0.2) is 11.1 Å². The van der Waals surface area contributed by atoms with E-state index in [2.05, 4.69) is 0 Å². The van der Waals surface area contributed by atoms with E-state index in [0.29, 0.717) is 5.57 Å². The fourth-order valence-electron chi connectivity index (χ4n) is 8.17. The lowest BCUT2D eigenvalue weighted by Crippen LogP contribution is -2.76. The van der Waals surface area contributed by atoms with Crippen molar-refractivity contribution in [2.45, 2.75) is 123 Å². The van der Waals surface area contributed by atoms with Gasteiger partial charge in [-0.05, 0) is 18.1 Å². The molecule has 0 aromatic rings. The zero-order valence-corrected chi connectivity index (χ0v) is 26.0. The van der Waals surface area contributed by atoms with E-state index in [1.54, 1.807) is 27.7 Å². The minimum atomic E-state index is -2.04. The van der Waals surface area contributed by atoms with Crippen LogP contribution in [0.4, 0.5) is 0 Å². The molecule has 10 atom stereocenters. The SMILES string of the molecule is CC(=O)OC1C[C@@]2(O)C(OC(C)=O)[C@H]3[C@@](C)(C(OC(C)=O)CC(OC(C)=O)[C@@]34CO4)C(OC(C)=O)C(O)C(=C1C)C2(C)C. The molecule has 0 aromatic heterocycles. The standard InChI is InChI=1S/C30H42O13/c1-13-19(39-14(2)31)11-30(37)26(43-18(6)35)24-28(9,25(42-17(5)34)23(36)22(13)27(30,7)8)20(40-15(3)32)10-21(41-16(4)33)29(24)12-38-29/h19-21,23-26,36-37H,10-12H2,1-9H3/t19?,20?,21?,23?,24-,25?,26?,28+,29-,30+/m0/s1. The zero-order valence-electron chi connectivity index (χ0n) is 26.0. The highest BCUT2D eigenvalue weighted by Crippen LogP contribution is 2.66. The van der Waals surface area contributed by atoms with E-state index in [0.717, 1.165) is 13.8 Å². The second kappa shape index (κ2) is 10.8. The molecule has 1 spiro atoms. The topological polar surface area (TPSA) is 184 Å². The second-order valence-corrected chi connectivity index (χ2v) is 13.0. The lowest BCUT2D eigenvalue weighted by Gasteiger charge is -2.64. The number of aliphatic hydroxyl groups is 2. The summed E-state index contributed by atoms with van der Waals surface area (Å²) in [6.07, 6.45) is -8.16. The quantitative estimate of drug-likeness (QED) is 0.197. The third-order valence-electron chi connectivity index (χ3n) is 9.98. The van der Waals surface area contributed by atoms with Crippen molar-refractivity contribution in [3.63, 3.8) is 0 Å². The summed E-state index contributed by atoms with van der Waals surface area (Å²) >= 11 is 0. The summed E-state index contributed by atoms with van der Waals surface area (Å²) in [6, 6.07) is 0. The van der Waals surface area contributed by atoms with Gasteiger partial charge in [-0.15, -0.1) is 0 Å². The number of fused-ring (bicyclic) bond motifs is 4. The molecule has 0 aromatic carbocycles. The Labute approximate surface area is 250 Å². The molecule has 3 aliphatic carbocycles. The van der Waals surface area contributed by atoms with Gasteiger partial charge in [-0.1, -0.05) is 20.8 Å². The summed E-state index contributed by atoms with van der Waals surface area (Å²) in [6.45, 7) is 12.5. The largest absolute Gasteiger partial charge is 0.462 e. The molecule has 240 valence electrons. The van der Waals surface area contributed by atoms with Crippen LogP contribution in [-0.4, -0.2) is 94.5 Å². The molecule has 43 heavy (non-hydrogen) atoms.